The lowest BCUT2D eigenvalue weighted by atomic mass is 10.1. The summed E-state index contributed by atoms with van der Waals surface area (Å²) < 4.78 is 4.96. The molecular formula is C22H24N4O2. The number of rotatable bonds is 3. The molecule has 6 heteroatoms. The van der Waals surface area contributed by atoms with Crippen molar-refractivity contribution in [2.45, 2.75) is 13.8 Å². The van der Waals surface area contributed by atoms with Crippen LogP contribution in [0.4, 0.5) is 11.5 Å². The third-order valence-corrected chi connectivity index (χ3v) is 5.22. The van der Waals surface area contributed by atoms with E-state index in [9.17, 15) is 4.79 Å². The second kappa shape index (κ2) is 7.46. The summed E-state index contributed by atoms with van der Waals surface area (Å²) in [5, 5.41) is 0. The average Bonchev–Trinajstić information content (AvgIpc) is 2.74. The summed E-state index contributed by atoms with van der Waals surface area (Å²) in [5.41, 5.74) is 5.57. The molecule has 1 aliphatic heterocycles. The first-order valence-electron chi connectivity index (χ1n) is 9.49. The SMILES string of the molecule is COC(=O)c1nc2ccccc2nc1N1CCN(c2cc(C)ccc2C)CC1. The monoisotopic (exact) mass is 376 g/mol. The minimum atomic E-state index is -0.454. The number of aromatic nitrogens is 2. The number of fused-ring (bicyclic) bond motifs is 1. The van der Waals surface area contributed by atoms with Gasteiger partial charge in [0.05, 0.1) is 18.1 Å². The number of ether oxygens (including phenoxy) is 1. The summed E-state index contributed by atoms with van der Waals surface area (Å²) in [6.45, 7) is 7.52. The van der Waals surface area contributed by atoms with E-state index >= 15 is 0 Å². The molecule has 0 saturated carbocycles. The van der Waals surface area contributed by atoms with Gasteiger partial charge in [0.1, 0.15) is 0 Å². The van der Waals surface area contributed by atoms with Crippen LogP contribution in [0.2, 0.25) is 0 Å². The summed E-state index contributed by atoms with van der Waals surface area (Å²) in [6.07, 6.45) is 0. The predicted molar refractivity (Wildman–Crippen MR) is 111 cm³/mol. The lowest BCUT2D eigenvalue weighted by molar-refractivity contribution is 0.0595. The quantitative estimate of drug-likeness (QED) is 0.654. The molecule has 0 radical (unpaired) electrons. The fourth-order valence-electron chi connectivity index (χ4n) is 3.66. The van der Waals surface area contributed by atoms with E-state index < -0.39 is 5.97 Å². The number of aryl methyl sites for hydroxylation is 2. The molecule has 2 aromatic carbocycles. The Morgan fingerprint density at radius 3 is 2.25 bits per heavy atom. The number of carbonyl (C=O) groups excluding carboxylic acids is 1. The molecule has 1 saturated heterocycles. The summed E-state index contributed by atoms with van der Waals surface area (Å²) in [7, 11) is 1.38. The molecule has 4 rings (SSSR count). The van der Waals surface area contributed by atoms with E-state index in [-0.39, 0.29) is 5.69 Å². The number of methoxy groups -OCH3 is 1. The molecule has 144 valence electrons. The van der Waals surface area contributed by atoms with Crippen LogP contribution >= 0.6 is 0 Å². The highest BCUT2D eigenvalue weighted by Crippen LogP contribution is 2.26. The molecule has 0 aliphatic carbocycles. The minimum absolute atomic E-state index is 0.279. The summed E-state index contributed by atoms with van der Waals surface area (Å²) in [4.78, 5) is 26.1. The van der Waals surface area contributed by atoms with E-state index in [0.717, 1.165) is 31.7 Å². The molecular weight excluding hydrogens is 352 g/mol. The van der Waals surface area contributed by atoms with E-state index in [1.54, 1.807) is 0 Å². The molecule has 0 N–H and O–H groups in total. The molecule has 0 amide bonds. The summed E-state index contributed by atoms with van der Waals surface area (Å²) >= 11 is 0. The fraction of sp³-hybridized carbons (Fsp3) is 0.318. The van der Waals surface area contributed by atoms with Crippen LogP contribution in [0.3, 0.4) is 0 Å². The van der Waals surface area contributed by atoms with Gasteiger partial charge in [-0.25, -0.2) is 14.8 Å². The number of piperazine rings is 1. The number of esters is 1. The van der Waals surface area contributed by atoms with Crippen molar-refractivity contribution in [3.8, 4) is 0 Å². The zero-order chi connectivity index (χ0) is 19.7. The summed E-state index contributed by atoms with van der Waals surface area (Å²) in [5.74, 6) is 0.149. The highest BCUT2D eigenvalue weighted by molar-refractivity contribution is 5.95. The molecule has 1 aromatic heterocycles. The van der Waals surface area contributed by atoms with Crippen molar-refractivity contribution in [3.05, 3.63) is 59.3 Å². The Kier molecular flexibility index (Phi) is 4.86. The molecule has 0 atom stereocenters. The maximum Gasteiger partial charge on any atom is 0.360 e. The largest absolute Gasteiger partial charge is 0.464 e. The molecule has 0 unspecified atom stereocenters. The first-order chi connectivity index (χ1) is 13.6. The van der Waals surface area contributed by atoms with Crippen LogP contribution in [0.15, 0.2) is 42.5 Å². The molecule has 28 heavy (non-hydrogen) atoms. The van der Waals surface area contributed by atoms with E-state index in [4.69, 9.17) is 9.72 Å². The third-order valence-electron chi connectivity index (χ3n) is 5.22. The second-order valence-corrected chi connectivity index (χ2v) is 7.14. The van der Waals surface area contributed by atoms with Gasteiger partial charge in [0.2, 0.25) is 0 Å². The van der Waals surface area contributed by atoms with Crippen LogP contribution in [-0.4, -0.2) is 49.2 Å². The van der Waals surface area contributed by atoms with Gasteiger partial charge in [0.15, 0.2) is 11.5 Å². The van der Waals surface area contributed by atoms with Crippen LogP contribution in [0.25, 0.3) is 11.0 Å². The number of para-hydroxylation sites is 2. The van der Waals surface area contributed by atoms with Crippen LogP contribution in [0.1, 0.15) is 21.6 Å². The molecule has 6 nitrogen and oxygen atoms in total. The van der Waals surface area contributed by atoms with Gasteiger partial charge in [-0.3, -0.25) is 0 Å². The number of anilines is 2. The van der Waals surface area contributed by atoms with E-state index in [1.165, 1.54) is 23.9 Å². The third kappa shape index (κ3) is 3.38. The first kappa shape index (κ1) is 18.2. The lowest BCUT2D eigenvalue weighted by Crippen LogP contribution is -2.47. The average molecular weight is 376 g/mol. The standard InChI is InChI=1S/C22H24N4O2/c1-15-8-9-16(2)19(14-15)25-10-12-26(13-11-25)21-20(22(27)28-3)23-17-6-4-5-7-18(17)24-21/h4-9,14H,10-13H2,1-3H3. The Balaban J connectivity index is 1.63. The Labute approximate surface area is 164 Å². The van der Waals surface area contributed by atoms with Crippen LogP contribution in [-0.2, 0) is 4.74 Å². The molecule has 3 aromatic rings. The van der Waals surface area contributed by atoms with Crippen LogP contribution in [0, 0.1) is 13.8 Å². The number of benzene rings is 2. The second-order valence-electron chi connectivity index (χ2n) is 7.14. The van der Waals surface area contributed by atoms with Gasteiger partial charge in [-0.1, -0.05) is 24.3 Å². The number of hydrogen-bond acceptors (Lipinski definition) is 6. The molecule has 1 aliphatic rings. The fourth-order valence-corrected chi connectivity index (χ4v) is 3.66. The van der Waals surface area contributed by atoms with Gasteiger partial charge in [0, 0.05) is 31.9 Å². The highest BCUT2D eigenvalue weighted by Gasteiger charge is 2.26. The predicted octanol–water partition coefficient (Wildman–Crippen LogP) is 3.36. The van der Waals surface area contributed by atoms with Crippen molar-refractivity contribution < 1.29 is 9.53 Å². The smallest absolute Gasteiger partial charge is 0.360 e. The first-order valence-corrected chi connectivity index (χ1v) is 9.49. The normalized spacial score (nSPS) is 14.4. The summed E-state index contributed by atoms with van der Waals surface area (Å²) in [6, 6.07) is 14.1. The van der Waals surface area contributed by atoms with Crippen LogP contribution < -0.4 is 9.80 Å². The number of nitrogens with zero attached hydrogens (tertiary/aromatic N) is 4. The lowest BCUT2D eigenvalue weighted by Gasteiger charge is -2.37. The van der Waals surface area contributed by atoms with Crippen molar-refractivity contribution in [1.82, 2.24) is 9.97 Å². The zero-order valence-electron chi connectivity index (χ0n) is 16.5. The van der Waals surface area contributed by atoms with E-state index in [1.807, 2.05) is 24.3 Å². The Bertz CT molecular complexity index is 1030. The minimum Gasteiger partial charge on any atom is -0.464 e. The topological polar surface area (TPSA) is 58.6 Å². The van der Waals surface area contributed by atoms with Gasteiger partial charge in [-0.05, 0) is 43.2 Å². The maximum atomic E-state index is 12.3. The van der Waals surface area contributed by atoms with Crippen molar-refractivity contribution in [1.29, 1.82) is 0 Å². The molecule has 0 spiro atoms. The van der Waals surface area contributed by atoms with Gasteiger partial charge in [0.25, 0.3) is 0 Å². The number of hydrogen-bond donors (Lipinski definition) is 0. The molecule has 1 fully saturated rings. The van der Waals surface area contributed by atoms with Gasteiger partial charge >= 0.3 is 5.97 Å². The van der Waals surface area contributed by atoms with Crippen LogP contribution in [0.5, 0.6) is 0 Å². The Morgan fingerprint density at radius 1 is 0.929 bits per heavy atom. The molecule has 0 bridgehead atoms. The van der Waals surface area contributed by atoms with E-state index in [0.29, 0.717) is 11.3 Å². The van der Waals surface area contributed by atoms with Crippen molar-refractivity contribution in [2.24, 2.45) is 0 Å². The van der Waals surface area contributed by atoms with Gasteiger partial charge in [-0.2, -0.15) is 0 Å². The van der Waals surface area contributed by atoms with Crippen molar-refractivity contribution >= 4 is 28.5 Å². The van der Waals surface area contributed by atoms with Crippen molar-refractivity contribution in [2.75, 3.05) is 43.1 Å². The van der Waals surface area contributed by atoms with Gasteiger partial charge < -0.3 is 14.5 Å². The molecule has 2 heterocycles. The number of carbonyl (C=O) groups is 1. The Hall–Kier alpha value is -3.15. The van der Waals surface area contributed by atoms with Gasteiger partial charge in [-0.15, -0.1) is 0 Å². The Morgan fingerprint density at radius 2 is 1.57 bits per heavy atom. The highest BCUT2D eigenvalue weighted by atomic mass is 16.5. The maximum absolute atomic E-state index is 12.3. The van der Waals surface area contributed by atoms with E-state index in [2.05, 4.69) is 46.8 Å². The van der Waals surface area contributed by atoms with Crippen molar-refractivity contribution in [3.63, 3.8) is 0 Å². The zero-order valence-corrected chi connectivity index (χ0v) is 16.5.